The molecule has 0 aliphatic heterocycles. The zero-order chi connectivity index (χ0) is 15.5. The van der Waals surface area contributed by atoms with E-state index in [1.165, 1.54) is 0 Å². The fourth-order valence-corrected chi connectivity index (χ4v) is 1.66. The highest BCUT2D eigenvalue weighted by atomic mass is 35.5. The predicted molar refractivity (Wildman–Crippen MR) is 81.3 cm³/mol. The maximum atomic E-state index is 11.5. The Morgan fingerprint density at radius 1 is 1.05 bits per heavy atom. The quantitative estimate of drug-likeness (QED) is 0.316. The highest BCUT2D eigenvalue weighted by Gasteiger charge is 2.03. The molecule has 5 heteroatoms. The first-order valence-electron chi connectivity index (χ1n) is 6.94. The minimum absolute atomic E-state index is 0.363. The van der Waals surface area contributed by atoms with Gasteiger partial charge in [-0.2, -0.15) is 0 Å². The molecule has 1 aromatic carbocycles. The van der Waals surface area contributed by atoms with E-state index in [0.717, 1.165) is 37.8 Å². The summed E-state index contributed by atoms with van der Waals surface area (Å²) in [5.74, 6) is -0.818. The molecule has 1 aromatic rings. The van der Waals surface area contributed by atoms with E-state index in [-0.39, 0.29) is 0 Å². The van der Waals surface area contributed by atoms with Crippen LogP contribution in [0.15, 0.2) is 36.4 Å². The molecule has 0 aliphatic carbocycles. The highest BCUT2D eigenvalue weighted by molar-refractivity contribution is 6.30. The second-order valence-electron chi connectivity index (χ2n) is 4.44. The lowest BCUT2D eigenvalue weighted by atomic mass is 10.2. The second-order valence-corrected chi connectivity index (χ2v) is 4.87. The van der Waals surface area contributed by atoms with E-state index in [4.69, 9.17) is 21.1 Å². The first-order valence-corrected chi connectivity index (χ1v) is 7.32. The van der Waals surface area contributed by atoms with Crippen molar-refractivity contribution in [1.82, 2.24) is 0 Å². The summed E-state index contributed by atoms with van der Waals surface area (Å²) in [7, 11) is 0. The summed E-state index contributed by atoms with van der Waals surface area (Å²) in [4.78, 5) is 22.8. The molecule has 0 saturated heterocycles. The molecular weight excluding hydrogens is 292 g/mol. The number of ether oxygens (including phenoxy) is 2. The fraction of sp³-hybridized carbons (Fsp3) is 0.375. The first-order chi connectivity index (χ1) is 10.1. The number of halogens is 1. The standard InChI is InChI=1S/C16H19ClO4/c1-2-3-4-5-12-20-15(18)10-11-16(19)21-14-8-6-13(17)7-9-14/h6-11H,2-5,12H2,1H3/b11-10+. The van der Waals surface area contributed by atoms with Gasteiger partial charge in [-0.05, 0) is 30.7 Å². The summed E-state index contributed by atoms with van der Waals surface area (Å²) >= 11 is 5.72. The average molecular weight is 311 g/mol. The number of hydrogen-bond donors (Lipinski definition) is 0. The lowest BCUT2D eigenvalue weighted by molar-refractivity contribution is -0.138. The van der Waals surface area contributed by atoms with Gasteiger partial charge in [-0.15, -0.1) is 0 Å². The molecule has 21 heavy (non-hydrogen) atoms. The monoisotopic (exact) mass is 310 g/mol. The Balaban J connectivity index is 2.26. The van der Waals surface area contributed by atoms with Crippen LogP contribution in [0.25, 0.3) is 0 Å². The lowest BCUT2D eigenvalue weighted by Gasteiger charge is -2.02. The number of hydrogen-bond acceptors (Lipinski definition) is 4. The van der Waals surface area contributed by atoms with Crippen LogP contribution in [0.1, 0.15) is 32.6 Å². The Hall–Kier alpha value is -1.81. The van der Waals surface area contributed by atoms with Crippen molar-refractivity contribution < 1.29 is 19.1 Å². The van der Waals surface area contributed by atoms with Crippen molar-refractivity contribution in [3.63, 3.8) is 0 Å². The summed E-state index contributed by atoms with van der Waals surface area (Å²) < 4.78 is 9.94. The summed E-state index contributed by atoms with van der Waals surface area (Å²) in [6.45, 7) is 2.48. The minimum Gasteiger partial charge on any atom is -0.463 e. The Kier molecular flexibility index (Phi) is 8.21. The Labute approximate surface area is 129 Å². The largest absolute Gasteiger partial charge is 0.463 e. The van der Waals surface area contributed by atoms with Gasteiger partial charge in [0.15, 0.2) is 0 Å². The maximum Gasteiger partial charge on any atom is 0.336 e. The third-order valence-corrected chi connectivity index (χ3v) is 2.88. The summed E-state index contributed by atoms with van der Waals surface area (Å²) in [5.41, 5.74) is 0. The van der Waals surface area contributed by atoms with Gasteiger partial charge >= 0.3 is 11.9 Å². The van der Waals surface area contributed by atoms with Crippen LogP contribution >= 0.6 is 11.6 Å². The third-order valence-electron chi connectivity index (χ3n) is 2.63. The van der Waals surface area contributed by atoms with Crippen molar-refractivity contribution in [3.8, 4) is 5.75 Å². The topological polar surface area (TPSA) is 52.6 Å². The Morgan fingerprint density at radius 3 is 2.38 bits per heavy atom. The van der Waals surface area contributed by atoms with Gasteiger partial charge < -0.3 is 9.47 Å². The SMILES string of the molecule is CCCCCCOC(=O)/C=C/C(=O)Oc1ccc(Cl)cc1. The average Bonchev–Trinajstić information content (AvgIpc) is 2.47. The van der Waals surface area contributed by atoms with Crippen molar-refractivity contribution >= 4 is 23.5 Å². The normalized spacial score (nSPS) is 10.6. The van der Waals surface area contributed by atoms with Gasteiger partial charge in [0.25, 0.3) is 0 Å². The summed E-state index contributed by atoms with van der Waals surface area (Å²) in [6.07, 6.45) is 6.24. The molecular formula is C16H19ClO4. The predicted octanol–water partition coefficient (Wildman–Crippen LogP) is 3.93. The number of unbranched alkanes of at least 4 members (excludes halogenated alkanes) is 3. The maximum absolute atomic E-state index is 11.5. The number of esters is 2. The van der Waals surface area contributed by atoms with Crippen molar-refractivity contribution in [2.24, 2.45) is 0 Å². The molecule has 0 aliphatic rings. The third kappa shape index (κ3) is 8.15. The molecule has 0 amide bonds. The second kappa shape index (κ2) is 10.00. The van der Waals surface area contributed by atoms with E-state index in [1.807, 2.05) is 0 Å². The first kappa shape index (κ1) is 17.2. The highest BCUT2D eigenvalue weighted by Crippen LogP contribution is 2.15. The van der Waals surface area contributed by atoms with Crippen LogP contribution < -0.4 is 4.74 Å². The molecule has 0 fully saturated rings. The zero-order valence-electron chi connectivity index (χ0n) is 12.0. The molecule has 114 valence electrons. The molecule has 1 rings (SSSR count). The van der Waals surface area contributed by atoms with E-state index >= 15 is 0 Å². The van der Waals surface area contributed by atoms with Crippen molar-refractivity contribution in [2.75, 3.05) is 6.61 Å². The van der Waals surface area contributed by atoms with Gasteiger partial charge in [0.1, 0.15) is 5.75 Å². The molecule has 0 atom stereocenters. The Bertz CT molecular complexity index is 480. The lowest BCUT2D eigenvalue weighted by Crippen LogP contribution is -2.07. The minimum atomic E-state index is -0.639. The fourth-order valence-electron chi connectivity index (χ4n) is 1.54. The van der Waals surface area contributed by atoms with Crippen LogP contribution in [0.5, 0.6) is 5.75 Å². The van der Waals surface area contributed by atoms with Crippen molar-refractivity contribution in [3.05, 3.63) is 41.4 Å². The molecule has 0 aromatic heterocycles. The zero-order valence-corrected chi connectivity index (χ0v) is 12.8. The Morgan fingerprint density at radius 2 is 1.71 bits per heavy atom. The van der Waals surface area contributed by atoms with Gasteiger partial charge in [0.05, 0.1) is 6.61 Å². The van der Waals surface area contributed by atoms with Gasteiger partial charge in [-0.1, -0.05) is 37.8 Å². The molecule has 0 bridgehead atoms. The number of rotatable bonds is 8. The van der Waals surface area contributed by atoms with Crippen LogP contribution in [0.3, 0.4) is 0 Å². The van der Waals surface area contributed by atoms with E-state index in [2.05, 4.69) is 6.92 Å². The molecule has 0 saturated carbocycles. The number of carbonyl (C=O) groups excluding carboxylic acids is 2. The summed E-state index contributed by atoms with van der Waals surface area (Å²) in [5, 5.41) is 0.553. The molecule has 4 nitrogen and oxygen atoms in total. The van der Waals surface area contributed by atoms with E-state index < -0.39 is 11.9 Å². The number of carbonyl (C=O) groups is 2. The molecule has 0 radical (unpaired) electrons. The number of benzene rings is 1. The summed E-state index contributed by atoms with van der Waals surface area (Å²) in [6, 6.07) is 6.36. The molecule has 0 N–H and O–H groups in total. The molecule has 0 heterocycles. The van der Waals surface area contributed by atoms with Crippen molar-refractivity contribution in [2.45, 2.75) is 32.6 Å². The van der Waals surface area contributed by atoms with Crippen LogP contribution in [-0.2, 0) is 14.3 Å². The van der Waals surface area contributed by atoms with E-state index in [0.29, 0.717) is 17.4 Å². The van der Waals surface area contributed by atoms with Gasteiger partial charge in [-0.3, -0.25) is 0 Å². The van der Waals surface area contributed by atoms with Crippen LogP contribution in [0.2, 0.25) is 5.02 Å². The van der Waals surface area contributed by atoms with Gasteiger partial charge in [0.2, 0.25) is 0 Å². The van der Waals surface area contributed by atoms with Crippen LogP contribution in [0, 0.1) is 0 Å². The molecule has 0 spiro atoms. The van der Waals surface area contributed by atoms with Crippen LogP contribution in [-0.4, -0.2) is 18.5 Å². The van der Waals surface area contributed by atoms with Crippen LogP contribution in [0.4, 0.5) is 0 Å². The smallest absolute Gasteiger partial charge is 0.336 e. The van der Waals surface area contributed by atoms with E-state index in [9.17, 15) is 9.59 Å². The van der Waals surface area contributed by atoms with Gasteiger partial charge in [0, 0.05) is 17.2 Å². The van der Waals surface area contributed by atoms with E-state index in [1.54, 1.807) is 24.3 Å². The van der Waals surface area contributed by atoms with Gasteiger partial charge in [-0.25, -0.2) is 9.59 Å². The molecule has 0 unspecified atom stereocenters. The van der Waals surface area contributed by atoms with Crippen molar-refractivity contribution in [1.29, 1.82) is 0 Å².